The molecule has 1 heterocycles. The number of hydrogen-bond donors (Lipinski definition) is 2. The fourth-order valence-electron chi connectivity index (χ4n) is 2.36. The highest BCUT2D eigenvalue weighted by Crippen LogP contribution is 2.18. The normalized spacial score (nSPS) is 10.5. The van der Waals surface area contributed by atoms with Crippen molar-refractivity contribution in [3.8, 4) is 11.5 Å². The quantitative estimate of drug-likeness (QED) is 0.731. The van der Waals surface area contributed by atoms with Crippen LogP contribution in [-0.2, 0) is 17.6 Å². The van der Waals surface area contributed by atoms with Crippen LogP contribution in [0.25, 0.3) is 11.5 Å². The zero-order valence-electron chi connectivity index (χ0n) is 13.1. The van der Waals surface area contributed by atoms with Gasteiger partial charge in [-0.15, -0.1) is 0 Å². The van der Waals surface area contributed by atoms with Crippen LogP contribution < -0.4 is 5.32 Å². The number of aliphatic hydroxyl groups is 1. The number of nitrogens with one attached hydrogen (secondary N) is 1. The SMILES string of the molecule is O=C(Cc1coc(-c2ccccc2)n1)Nc1ccc(CCO)cc1. The summed E-state index contributed by atoms with van der Waals surface area (Å²) >= 11 is 0. The van der Waals surface area contributed by atoms with Crippen molar-refractivity contribution in [1.29, 1.82) is 0 Å². The van der Waals surface area contributed by atoms with Gasteiger partial charge in [-0.05, 0) is 36.2 Å². The highest BCUT2D eigenvalue weighted by molar-refractivity contribution is 5.92. The largest absolute Gasteiger partial charge is 0.444 e. The first-order valence-corrected chi connectivity index (χ1v) is 7.74. The van der Waals surface area contributed by atoms with Crippen LogP contribution in [0.5, 0.6) is 0 Å². The Labute approximate surface area is 140 Å². The minimum atomic E-state index is -0.155. The Hall–Kier alpha value is -2.92. The van der Waals surface area contributed by atoms with E-state index in [9.17, 15) is 4.79 Å². The summed E-state index contributed by atoms with van der Waals surface area (Å²) in [5.41, 5.74) is 3.21. The molecule has 0 saturated heterocycles. The Balaban J connectivity index is 1.60. The number of oxazole rings is 1. The fourth-order valence-corrected chi connectivity index (χ4v) is 2.36. The Kier molecular flexibility index (Phi) is 5.03. The molecule has 0 aliphatic rings. The van der Waals surface area contributed by atoms with E-state index in [0.29, 0.717) is 23.7 Å². The summed E-state index contributed by atoms with van der Waals surface area (Å²) in [6.07, 6.45) is 2.26. The fraction of sp³-hybridized carbons (Fsp3) is 0.158. The zero-order valence-corrected chi connectivity index (χ0v) is 13.1. The van der Waals surface area contributed by atoms with Gasteiger partial charge < -0.3 is 14.8 Å². The van der Waals surface area contributed by atoms with Crippen molar-refractivity contribution in [1.82, 2.24) is 4.98 Å². The molecule has 0 aliphatic carbocycles. The minimum absolute atomic E-state index is 0.113. The first-order chi connectivity index (χ1) is 11.7. The summed E-state index contributed by atoms with van der Waals surface area (Å²) in [4.78, 5) is 16.5. The van der Waals surface area contributed by atoms with Crippen molar-refractivity contribution in [2.45, 2.75) is 12.8 Å². The summed E-state index contributed by atoms with van der Waals surface area (Å²) in [6, 6.07) is 17.0. The van der Waals surface area contributed by atoms with E-state index in [4.69, 9.17) is 9.52 Å². The molecule has 0 radical (unpaired) electrons. The molecular weight excluding hydrogens is 304 g/mol. The Morgan fingerprint density at radius 1 is 1.08 bits per heavy atom. The maximum absolute atomic E-state index is 12.1. The first-order valence-electron chi connectivity index (χ1n) is 7.74. The van der Waals surface area contributed by atoms with Crippen LogP contribution in [0.4, 0.5) is 5.69 Å². The molecule has 5 heteroatoms. The van der Waals surface area contributed by atoms with Gasteiger partial charge in [-0.25, -0.2) is 4.98 Å². The van der Waals surface area contributed by atoms with Crippen LogP contribution in [0, 0.1) is 0 Å². The number of hydrogen-bond acceptors (Lipinski definition) is 4. The summed E-state index contributed by atoms with van der Waals surface area (Å²) in [5, 5.41) is 11.7. The van der Waals surface area contributed by atoms with E-state index in [1.165, 1.54) is 6.26 Å². The lowest BCUT2D eigenvalue weighted by atomic mass is 10.1. The summed E-state index contributed by atoms with van der Waals surface area (Å²) in [6.45, 7) is 0.113. The van der Waals surface area contributed by atoms with Crippen LogP contribution in [0.1, 0.15) is 11.3 Å². The average Bonchev–Trinajstić information content (AvgIpc) is 3.06. The molecule has 0 fully saturated rings. The van der Waals surface area contributed by atoms with Crippen molar-refractivity contribution in [2.24, 2.45) is 0 Å². The van der Waals surface area contributed by atoms with Crippen LogP contribution in [0.3, 0.4) is 0 Å². The van der Waals surface area contributed by atoms with E-state index >= 15 is 0 Å². The number of amides is 1. The molecule has 0 spiro atoms. The highest BCUT2D eigenvalue weighted by Gasteiger charge is 2.10. The van der Waals surface area contributed by atoms with E-state index in [0.717, 1.165) is 11.1 Å². The topological polar surface area (TPSA) is 75.4 Å². The van der Waals surface area contributed by atoms with Crippen molar-refractivity contribution in [3.63, 3.8) is 0 Å². The van der Waals surface area contributed by atoms with E-state index in [2.05, 4.69) is 10.3 Å². The second-order valence-corrected chi connectivity index (χ2v) is 5.41. The molecule has 0 aliphatic heterocycles. The van der Waals surface area contributed by atoms with E-state index in [1.807, 2.05) is 54.6 Å². The second kappa shape index (κ2) is 7.57. The molecule has 0 atom stereocenters. The molecule has 0 bridgehead atoms. The van der Waals surface area contributed by atoms with Gasteiger partial charge in [0.15, 0.2) is 0 Å². The standard InChI is InChI=1S/C19H18N2O3/c22-11-10-14-6-8-16(9-7-14)20-18(23)12-17-13-24-19(21-17)15-4-2-1-3-5-15/h1-9,13,22H,10-12H2,(H,20,23). The van der Waals surface area contributed by atoms with Gasteiger partial charge in [-0.1, -0.05) is 30.3 Å². The number of aromatic nitrogens is 1. The van der Waals surface area contributed by atoms with Crippen LogP contribution in [0.15, 0.2) is 65.3 Å². The maximum Gasteiger partial charge on any atom is 0.230 e. The molecular formula is C19H18N2O3. The molecule has 0 saturated carbocycles. The number of anilines is 1. The second-order valence-electron chi connectivity index (χ2n) is 5.41. The van der Waals surface area contributed by atoms with Gasteiger partial charge in [0, 0.05) is 17.9 Å². The van der Waals surface area contributed by atoms with E-state index < -0.39 is 0 Å². The van der Waals surface area contributed by atoms with Gasteiger partial charge >= 0.3 is 0 Å². The molecule has 0 unspecified atom stereocenters. The Bertz CT molecular complexity index is 795. The molecule has 122 valence electrons. The molecule has 24 heavy (non-hydrogen) atoms. The lowest BCUT2D eigenvalue weighted by Crippen LogP contribution is -2.14. The number of nitrogens with zero attached hydrogens (tertiary/aromatic N) is 1. The molecule has 1 amide bonds. The van der Waals surface area contributed by atoms with Gasteiger partial charge in [0.1, 0.15) is 6.26 Å². The number of carbonyl (C=O) groups is 1. The predicted molar refractivity (Wildman–Crippen MR) is 91.5 cm³/mol. The van der Waals surface area contributed by atoms with Crippen molar-refractivity contribution < 1.29 is 14.3 Å². The van der Waals surface area contributed by atoms with Crippen molar-refractivity contribution in [2.75, 3.05) is 11.9 Å². The predicted octanol–water partition coefficient (Wildman–Crippen LogP) is 3.06. The lowest BCUT2D eigenvalue weighted by molar-refractivity contribution is -0.115. The summed E-state index contributed by atoms with van der Waals surface area (Å²) < 4.78 is 5.43. The smallest absolute Gasteiger partial charge is 0.230 e. The third-order valence-corrected chi connectivity index (χ3v) is 3.55. The number of rotatable bonds is 6. The third kappa shape index (κ3) is 4.08. The molecule has 3 rings (SSSR count). The zero-order chi connectivity index (χ0) is 16.8. The van der Waals surface area contributed by atoms with Crippen LogP contribution in [0.2, 0.25) is 0 Å². The van der Waals surface area contributed by atoms with Crippen molar-refractivity contribution >= 4 is 11.6 Å². The molecule has 5 nitrogen and oxygen atoms in total. The van der Waals surface area contributed by atoms with Gasteiger partial charge in [0.2, 0.25) is 11.8 Å². The lowest BCUT2D eigenvalue weighted by Gasteiger charge is -2.05. The minimum Gasteiger partial charge on any atom is -0.444 e. The maximum atomic E-state index is 12.1. The average molecular weight is 322 g/mol. The van der Waals surface area contributed by atoms with Crippen molar-refractivity contribution in [3.05, 3.63) is 72.1 Å². The van der Waals surface area contributed by atoms with Gasteiger partial charge in [0.25, 0.3) is 0 Å². The van der Waals surface area contributed by atoms with Gasteiger partial charge in [0.05, 0.1) is 12.1 Å². The number of benzene rings is 2. The molecule has 2 aromatic carbocycles. The van der Waals surface area contributed by atoms with E-state index in [-0.39, 0.29) is 18.9 Å². The summed E-state index contributed by atoms with van der Waals surface area (Å²) in [5.74, 6) is 0.351. The van der Waals surface area contributed by atoms with Gasteiger partial charge in [-0.2, -0.15) is 0 Å². The third-order valence-electron chi connectivity index (χ3n) is 3.55. The van der Waals surface area contributed by atoms with E-state index in [1.54, 1.807) is 0 Å². The van der Waals surface area contributed by atoms with Gasteiger partial charge in [-0.3, -0.25) is 4.79 Å². The number of carbonyl (C=O) groups excluding carboxylic acids is 1. The summed E-state index contributed by atoms with van der Waals surface area (Å²) in [7, 11) is 0. The Morgan fingerprint density at radius 3 is 2.54 bits per heavy atom. The van der Waals surface area contributed by atoms with Crippen LogP contribution in [-0.4, -0.2) is 22.6 Å². The first kappa shape index (κ1) is 16.0. The monoisotopic (exact) mass is 322 g/mol. The molecule has 3 aromatic rings. The Morgan fingerprint density at radius 2 is 1.83 bits per heavy atom. The number of aliphatic hydroxyl groups excluding tert-OH is 1. The van der Waals surface area contributed by atoms with Crippen LogP contribution >= 0.6 is 0 Å². The molecule has 2 N–H and O–H groups in total. The molecule has 1 aromatic heterocycles. The highest BCUT2D eigenvalue weighted by atomic mass is 16.3.